The number of methoxy groups -OCH3 is 1. The number of hydrogen-bond acceptors (Lipinski definition) is 2. The van der Waals surface area contributed by atoms with Crippen LogP contribution in [-0.2, 0) is 12.8 Å². The van der Waals surface area contributed by atoms with Crippen molar-refractivity contribution in [2.45, 2.75) is 25.7 Å². The molecule has 0 aliphatic heterocycles. The quantitative estimate of drug-likeness (QED) is 0.823. The standard InChI is InChI=1S/C14H19NO/c1-16-13-3-2-10-4-5-14(7-11(10)6-13)8-12(14)9-15/h2-3,6,12H,4-5,7-9,15H2,1H3. The molecule has 1 saturated carbocycles. The van der Waals surface area contributed by atoms with Crippen molar-refractivity contribution in [2.75, 3.05) is 13.7 Å². The molecule has 2 heteroatoms. The summed E-state index contributed by atoms with van der Waals surface area (Å²) in [6.45, 7) is 0.860. The SMILES string of the molecule is COc1ccc2c(c1)CC1(CC2)CC1CN. The van der Waals surface area contributed by atoms with Crippen molar-refractivity contribution in [2.24, 2.45) is 17.1 Å². The van der Waals surface area contributed by atoms with Crippen LogP contribution in [0.15, 0.2) is 18.2 Å². The zero-order chi connectivity index (χ0) is 11.2. The van der Waals surface area contributed by atoms with Crippen molar-refractivity contribution in [1.29, 1.82) is 0 Å². The van der Waals surface area contributed by atoms with Crippen molar-refractivity contribution in [3.8, 4) is 5.75 Å². The molecule has 1 aromatic rings. The lowest BCUT2D eigenvalue weighted by Crippen LogP contribution is -2.20. The van der Waals surface area contributed by atoms with Crippen LogP contribution < -0.4 is 10.5 Å². The Labute approximate surface area is 96.8 Å². The van der Waals surface area contributed by atoms with Crippen molar-refractivity contribution >= 4 is 0 Å². The Kier molecular flexibility index (Phi) is 2.21. The Morgan fingerprint density at radius 2 is 2.31 bits per heavy atom. The zero-order valence-electron chi connectivity index (χ0n) is 9.83. The van der Waals surface area contributed by atoms with Crippen molar-refractivity contribution in [3.05, 3.63) is 29.3 Å². The molecule has 86 valence electrons. The summed E-state index contributed by atoms with van der Waals surface area (Å²) in [5.41, 5.74) is 9.34. The molecule has 0 radical (unpaired) electrons. The molecular formula is C14H19NO. The van der Waals surface area contributed by atoms with Gasteiger partial charge in [0, 0.05) is 0 Å². The molecule has 0 amide bonds. The molecule has 0 saturated heterocycles. The molecule has 2 atom stereocenters. The van der Waals surface area contributed by atoms with E-state index in [0.29, 0.717) is 5.41 Å². The van der Waals surface area contributed by atoms with Crippen molar-refractivity contribution < 1.29 is 4.74 Å². The van der Waals surface area contributed by atoms with Gasteiger partial charge in [-0.25, -0.2) is 0 Å². The van der Waals surface area contributed by atoms with Gasteiger partial charge < -0.3 is 10.5 Å². The topological polar surface area (TPSA) is 35.2 Å². The molecule has 2 unspecified atom stereocenters. The van der Waals surface area contributed by atoms with Gasteiger partial charge in [0.15, 0.2) is 0 Å². The van der Waals surface area contributed by atoms with E-state index in [4.69, 9.17) is 10.5 Å². The summed E-state index contributed by atoms with van der Waals surface area (Å²) in [5, 5.41) is 0. The van der Waals surface area contributed by atoms with Crippen LogP contribution in [0.4, 0.5) is 0 Å². The average molecular weight is 217 g/mol. The Morgan fingerprint density at radius 1 is 1.44 bits per heavy atom. The fraction of sp³-hybridized carbons (Fsp3) is 0.571. The summed E-state index contributed by atoms with van der Waals surface area (Å²) < 4.78 is 5.30. The minimum Gasteiger partial charge on any atom is -0.497 e. The highest BCUT2D eigenvalue weighted by molar-refractivity contribution is 5.39. The molecule has 2 aliphatic carbocycles. The number of benzene rings is 1. The molecule has 3 rings (SSSR count). The van der Waals surface area contributed by atoms with Gasteiger partial charge in [-0.15, -0.1) is 0 Å². The van der Waals surface area contributed by atoms with Gasteiger partial charge in [0.05, 0.1) is 7.11 Å². The molecule has 0 heterocycles. The molecule has 2 N–H and O–H groups in total. The second-order valence-corrected chi connectivity index (χ2v) is 5.31. The van der Waals surface area contributed by atoms with E-state index in [0.717, 1.165) is 18.2 Å². The third-order valence-electron chi connectivity index (χ3n) is 4.49. The van der Waals surface area contributed by atoms with Gasteiger partial charge in [-0.1, -0.05) is 6.07 Å². The molecule has 2 nitrogen and oxygen atoms in total. The molecule has 2 aliphatic rings. The largest absolute Gasteiger partial charge is 0.497 e. The highest BCUT2D eigenvalue weighted by atomic mass is 16.5. The first kappa shape index (κ1) is 10.2. The highest BCUT2D eigenvalue weighted by Gasteiger charge is 2.53. The van der Waals surface area contributed by atoms with Crippen LogP contribution in [0.5, 0.6) is 5.75 Å². The van der Waals surface area contributed by atoms with E-state index in [1.807, 2.05) is 0 Å². The lowest BCUT2D eigenvalue weighted by atomic mass is 9.80. The van der Waals surface area contributed by atoms with Crippen LogP contribution in [0.3, 0.4) is 0 Å². The molecule has 16 heavy (non-hydrogen) atoms. The van der Waals surface area contributed by atoms with Crippen LogP contribution in [0.1, 0.15) is 24.0 Å². The van der Waals surface area contributed by atoms with Gasteiger partial charge in [-0.3, -0.25) is 0 Å². The van der Waals surface area contributed by atoms with Crippen molar-refractivity contribution in [3.63, 3.8) is 0 Å². The number of rotatable bonds is 2. The van der Waals surface area contributed by atoms with E-state index in [9.17, 15) is 0 Å². The molecule has 1 fully saturated rings. The van der Waals surface area contributed by atoms with E-state index in [1.165, 1.54) is 36.8 Å². The second-order valence-electron chi connectivity index (χ2n) is 5.31. The normalized spacial score (nSPS) is 31.2. The number of aryl methyl sites for hydroxylation is 1. The van der Waals surface area contributed by atoms with E-state index < -0.39 is 0 Å². The van der Waals surface area contributed by atoms with Gasteiger partial charge in [0.2, 0.25) is 0 Å². The summed E-state index contributed by atoms with van der Waals surface area (Å²) in [4.78, 5) is 0. The average Bonchev–Trinajstić information content (AvgIpc) is 3.01. The fourth-order valence-electron chi connectivity index (χ4n) is 3.28. The van der Waals surface area contributed by atoms with Crippen LogP contribution in [0.25, 0.3) is 0 Å². The maximum Gasteiger partial charge on any atom is 0.119 e. The molecule has 1 aromatic carbocycles. The summed E-state index contributed by atoms with van der Waals surface area (Å²) in [5.74, 6) is 1.76. The number of ether oxygens (including phenoxy) is 1. The molecular weight excluding hydrogens is 198 g/mol. The zero-order valence-corrected chi connectivity index (χ0v) is 9.83. The van der Waals surface area contributed by atoms with Crippen LogP contribution in [-0.4, -0.2) is 13.7 Å². The molecule has 0 aromatic heterocycles. The van der Waals surface area contributed by atoms with E-state index in [2.05, 4.69) is 18.2 Å². The predicted octanol–water partition coefficient (Wildman–Crippen LogP) is 2.15. The van der Waals surface area contributed by atoms with Gasteiger partial charge >= 0.3 is 0 Å². The first-order chi connectivity index (χ1) is 7.77. The van der Waals surface area contributed by atoms with Crippen molar-refractivity contribution in [1.82, 2.24) is 0 Å². The fourth-order valence-corrected chi connectivity index (χ4v) is 3.28. The molecule has 1 spiro atoms. The first-order valence-corrected chi connectivity index (χ1v) is 6.13. The van der Waals surface area contributed by atoms with Gasteiger partial charge in [0.25, 0.3) is 0 Å². The van der Waals surface area contributed by atoms with Crippen LogP contribution in [0.2, 0.25) is 0 Å². The van der Waals surface area contributed by atoms with E-state index in [1.54, 1.807) is 7.11 Å². The Balaban J connectivity index is 1.88. The maximum absolute atomic E-state index is 5.79. The van der Waals surface area contributed by atoms with E-state index in [-0.39, 0.29) is 0 Å². The smallest absolute Gasteiger partial charge is 0.119 e. The lowest BCUT2D eigenvalue weighted by molar-refractivity contribution is 0.388. The predicted molar refractivity (Wildman–Crippen MR) is 64.6 cm³/mol. The van der Waals surface area contributed by atoms with Gasteiger partial charge in [-0.05, 0) is 66.8 Å². The van der Waals surface area contributed by atoms with Gasteiger partial charge in [-0.2, -0.15) is 0 Å². The Morgan fingerprint density at radius 3 is 3.00 bits per heavy atom. The van der Waals surface area contributed by atoms with Gasteiger partial charge in [0.1, 0.15) is 5.75 Å². The lowest BCUT2D eigenvalue weighted by Gasteiger charge is -2.26. The summed E-state index contributed by atoms with van der Waals surface area (Å²) >= 11 is 0. The Hall–Kier alpha value is -1.02. The highest BCUT2D eigenvalue weighted by Crippen LogP contribution is 2.59. The maximum atomic E-state index is 5.79. The number of nitrogens with two attached hydrogens (primary N) is 1. The minimum atomic E-state index is 0.550. The number of hydrogen-bond donors (Lipinski definition) is 1. The number of fused-ring (bicyclic) bond motifs is 1. The third-order valence-corrected chi connectivity index (χ3v) is 4.49. The summed E-state index contributed by atoms with van der Waals surface area (Å²) in [6, 6.07) is 6.51. The van der Waals surface area contributed by atoms with Crippen LogP contribution >= 0.6 is 0 Å². The first-order valence-electron chi connectivity index (χ1n) is 6.13. The third kappa shape index (κ3) is 1.44. The summed E-state index contributed by atoms with van der Waals surface area (Å²) in [7, 11) is 1.74. The monoisotopic (exact) mass is 217 g/mol. The Bertz CT molecular complexity index is 415. The molecule has 0 bridgehead atoms. The second kappa shape index (κ2) is 3.49. The van der Waals surface area contributed by atoms with E-state index >= 15 is 0 Å². The van der Waals surface area contributed by atoms with Crippen LogP contribution in [0, 0.1) is 11.3 Å². The minimum absolute atomic E-state index is 0.550. The summed E-state index contributed by atoms with van der Waals surface area (Å²) in [6.07, 6.45) is 5.09.